The Kier molecular flexibility index (Phi) is 5.02. The molecule has 0 amide bonds. The van der Waals surface area contributed by atoms with Crippen LogP contribution in [0.5, 0.6) is 5.75 Å². The third-order valence-electron chi connectivity index (χ3n) is 2.59. The predicted octanol–water partition coefficient (Wildman–Crippen LogP) is 4.06. The first kappa shape index (κ1) is 14.5. The first-order valence-corrected chi connectivity index (χ1v) is 6.65. The molecule has 0 spiro atoms. The molecule has 0 saturated heterocycles. The highest BCUT2D eigenvalue weighted by molar-refractivity contribution is 9.10. The lowest BCUT2D eigenvalue weighted by Crippen LogP contribution is -2.12. The normalized spacial score (nSPS) is 11.6. The van der Waals surface area contributed by atoms with E-state index in [1.807, 2.05) is 19.1 Å². The predicted molar refractivity (Wildman–Crippen MR) is 74.4 cm³/mol. The van der Waals surface area contributed by atoms with Gasteiger partial charge in [-0.1, -0.05) is 36.7 Å². The minimum Gasteiger partial charge on any atom is -0.493 e. The van der Waals surface area contributed by atoms with Crippen LogP contribution in [0.25, 0.3) is 0 Å². The zero-order chi connectivity index (χ0) is 13.1. The van der Waals surface area contributed by atoms with Crippen molar-refractivity contribution < 1.29 is 9.84 Å². The van der Waals surface area contributed by atoms with E-state index < -0.39 is 0 Å². The van der Waals surface area contributed by atoms with E-state index in [9.17, 15) is 5.11 Å². The molecule has 0 aliphatic rings. The molecular formula is C14H21BrO2. The highest BCUT2D eigenvalue weighted by Crippen LogP contribution is 2.29. The van der Waals surface area contributed by atoms with Crippen molar-refractivity contribution in [2.24, 2.45) is 5.41 Å². The molecule has 3 heteroatoms. The van der Waals surface area contributed by atoms with Gasteiger partial charge in [-0.25, -0.2) is 0 Å². The van der Waals surface area contributed by atoms with E-state index in [-0.39, 0.29) is 12.0 Å². The molecule has 0 aliphatic carbocycles. The van der Waals surface area contributed by atoms with Crippen molar-refractivity contribution in [2.45, 2.75) is 40.7 Å². The number of rotatable bonds is 4. The standard InChI is InChI=1S/C14H21BrO2/c1-10-7-12(15)8-11(9-16)13(10)17-6-5-14(2,3)4/h7-8,16H,5-6,9H2,1-4H3. The molecule has 0 aromatic heterocycles. The molecule has 1 N–H and O–H groups in total. The molecule has 0 radical (unpaired) electrons. The Morgan fingerprint density at radius 1 is 1.29 bits per heavy atom. The quantitative estimate of drug-likeness (QED) is 0.908. The van der Waals surface area contributed by atoms with Crippen molar-refractivity contribution in [1.29, 1.82) is 0 Å². The Balaban J connectivity index is 2.76. The van der Waals surface area contributed by atoms with Crippen LogP contribution in [0.3, 0.4) is 0 Å². The summed E-state index contributed by atoms with van der Waals surface area (Å²) in [5, 5.41) is 9.33. The topological polar surface area (TPSA) is 29.5 Å². The van der Waals surface area contributed by atoms with E-state index in [0.717, 1.165) is 27.8 Å². The van der Waals surface area contributed by atoms with Gasteiger partial charge in [0.05, 0.1) is 13.2 Å². The zero-order valence-electron chi connectivity index (χ0n) is 11.0. The van der Waals surface area contributed by atoms with Crippen LogP contribution in [0, 0.1) is 12.3 Å². The van der Waals surface area contributed by atoms with Gasteiger partial charge >= 0.3 is 0 Å². The molecule has 1 aromatic rings. The Hall–Kier alpha value is -0.540. The number of hydrogen-bond acceptors (Lipinski definition) is 2. The number of benzene rings is 1. The fourth-order valence-electron chi connectivity index (χ4n) is 1.58. The van der Waals surface area contributed by atoms with Gasteiger partial charge in [-0.3, -0.25) is 0 Å². The van der Waals surface area contributed by atoms with E-state index in [1.165, 1.54) is 0 Å². The fraction of sp³-hybridized carbons (Fsp3) is 0.571. The van der Waals surface area contributed by atoms with Crippen LogP contribution in [0.1, 0.15) is 38.3 Å². The van der Waals surface area contributed by atoms with Gasteiger partial charge in [0, 0.05) is 10.0 Å². The summed E-state index contributed by atoms with van der Waals surface area (Å²) in [6.45, 7) is 9.26. The summed E-state index contributed by atoms with van der Waals surface area (Å²) in [7, 11) is 0. The van der Waals surface area contributed by atoms with Crippen molar-refractivity contribution in [1.82, 2.24) is 0 Å². The van der Waals surface area contributed by atoms with Crippen LogP contribution in [-0.2, 0) is 6.61 Å². The summed E-state index contributed by atoms with van der Waals surface area (Å²) < 4.78 is 6.78. The van der Waals surface area contributed by atoms with Crippen LogP contribution < -0.4 is 4.74 Å². The Morgan fingerprint density at radius 3 is 2.47 bits per heavy atom. The molecule has 17 heavy (non-hydrogen) atoms. The molecule has 0 saturated carbocycles. The highest BCUT2D eigenvalue weighted by atomic mass is 79.9. The second kappa shape index (κ2) is 5.87. The lowest BCUT2D eigenvalue weighted by Gasteiger charge is -2.20. The largest absolute Gasteiger partial charge is 0.493 e. The fourth-order valence-corrected chi connectivity index (χ4v) is 2.20. The van der Waals surface area contributed by atoms with Crippen LogP contribution in [0.2, 0.25) is 0 Å². The summed E-state index contributed by atoms with van der Waals surface area (Å²) in [5.41, 5.74) is 2.16. The van der Waals surface area contributed by atoms with Crippen molar-refractivity contribution >= 4 is 15.9 Å². The molecule has 0 aliphatic heterocycles. The van der Waals surface area contributed by atoms with Gasteiger partial charge in [0.2, 0.25) is 0 Å². The van der Waals surface area contributed by atoms with E-state index >= 15 is 0 Å². The van der Waals surface area contributed by atoms with Crippen LogP contribution in [0.4, 0.5) is 0 Å². The Morgan fingerprint density at radius 2 is 1.94 bits per heavy atom. The maximum atomic E-state index is 9.33. The minimum absolute atomic E-state index is 0.00509. The van der Waals surface area contributed by atoms with E-state index in [1.54, 1.807) is 0 Å². The second-order valence-electron chi connectivity index (χ2n) is 5.53. The van der Waals surface area contributed by atoms with E-state index in [4.69, 9.17) is 4.74 Å². The molecule has 0 unspecified atom stereocenters. The van der Waals surface area contributed by atoms with Gasteiger partial charge in [0.15, 0.2) is 0 Å². The third kappa shape index (κ3) is 4.68. The van der Waals surface area contributed by atoms with Gasteiger partial charge < -0.3 is 9.84 Å². The first-order chi connectivity index (χ1) is 7.83. The van der Waals surface area contributed by atoms with Crippen molar-refractivity contribution in [3.63, 3.8) is 0 Å². The number of ether oxygens (including phenoxy) is 1. The molecule has 0 heterocycles. The molecule has 0 atom stereocenters. The van der Waals surface area contributed by atoms with Crippen LogP contribution in [-0.4, -0.2) is 11.7 Å². The summed E-state index contributed by atoms with van der Waals surface area (Å²) in [5.74, 6) is 0.819. The first-order valence-electron chi connectivity index (χ1n) is 5.86. The number of aliphatic hydroxyl groups is 1. The molecule has 1 rings (SSSR count). The summed E-state index contributed by atoms with van der Waals surface area (Å²) in [4.78, 5) is 0. The smallest absolute Gasteiger partial charge is 0.127 e. The van der Waals surface area contributed by atoms with Gasteiger partial charge in [-0.15, -0.1) is 0 Å². The molecule has 0 fully saturated rings. The van der Waals surface area contributed by atoms with E-state index in [0.29, 0.717) is 6.61 Å². The lowest BCUT2D eigenvalue weighted by atomic mass is 9.93. The molecule has 2 nitrogen and oxygen atoms in total. The second-order valence-corrected chi connectivity index (χ2v) is 6.44. The van der Waals surface area contributed by atoms with E-state index in [2.05, 4.69) is 36.7 Å². The molecule has 1 aromatic carbocycles. The van der Waals surface area contributed by atoms with Gasteiger partial charge in [0.1, 0.15) is 5.75 Å². The zero-order valence-corrected chi connectivity index (χ0v) is 12.6. The number of aryl methyl sites for hydroxylation is 1. The minimum atomic E-state index is 0.00509. The molecular weight excluding hydrogens is 280 g/mol. The molecule has 96 valence electrons. The monoisotopic (exact) mass is 300 g/mol. The molecule has 0 bridgehead atoms. The van der Waals surface area contributed by atoms with Gasteiger partial charge in [-0.2, -0.15) is 0 Å². The van der Waals surface area contributed by atoms with Gasteiger partial charge in [0.25, 0.3) is 0 Å². The SMILES string of the molecule is Cc1cc(Br)cc(CO)c1OCCC(C)(C)C. The van der Waals surface area contributed by atoms with Crippen molar-refractivity contribution in [3.8, 4) is 5.75 Å². The Labute approximate surface area is 112 Å². The maximum absolute atomic E-state index is 9.33. The summed E-state index contributed by atoms with van der Waals surface area (Å²) in [6.07, 6.45) is 0.993. The van der Waals surface area contributed by atoms with Crippen LogP contribution >= 0.6 is 15.9 Å². The van der Waals surface area contributed by atoms with Crippen LogP contribution in [0.15, 0.2) is 16.6 Å². The lowest BCUT2D eigenvalue weighted by molar-refractivity contribution is 0.229. The average Bonchev–Trinajstić information content (AvgIpc) is 2.18. The number of aliphatic hydroxyl groups excluding tert-OH is 1. The summed E-state index contributed by atoms with van der Waals surface area (Å²) >= 11 is 3.42. The highest BCUT2D eigenvalue weighted by Gasteiger charge is 2.12. The average molecular weight is 301 g/mol. The Bertz CT molecular complexity index is 381. The van der Waals surface area contributed by atoms with Crippen molar-refractivity contribution in [3.05, 3.63) is 27.7 Å². The maximum Gasteiger partial charge on any atom is 0.127 e. The van der Waals surface area contributed by atoms with Gasteiger partial charge in [-0.05, 0) is 36.5 Å². The third-order valence-corrected chi connectivity index (χ3v) is 3.04. The number of halogens is 1. The summed E-state index contributed by atoms with van der Waals surface area (Å²) in [6, 6.07) is 3.91. The van der Waals surface area contributed by atoms with Crippen molar-refractivity contribution in [2.75, 3.05) is 6.61 Å². The number of hydrogen-bond donors (Lipinski definition) is 1.